The first-order chi connectivity index (χ1) is 7.56. The molecule has 0 aliphatic heterocycles. The minimum absolute atomic E-state index is 0.0660. The van der Waals surface area contributed by atoms with Crippen LogP contribution in [0.5, 0.6) is 5.75 Å². The summed E-state index contributed by atoms with van der Waals surface area (Å²) in [5, 5.41) is 12.8. The monoisotopic (exact) mass is 222 g/mol. The Balaban J connectivity index is 2.83. The van der Waals surface area contributed by atoms with E-state index in [1.165, 1.54) is 0 Å². The van der Waals surface area contributed by atoms with Gasteiger partial charge in [-0.3, -0.25) is 10.1 Å². The number of phenols is 1. The van der Waals surface area contributed by atoms with Crippen molar-refractivity contribution in [3.63, 3.8) is 0 Å². The molecule has 2 unspecified atom stereocenters. The Hall–Kier alpha value is -1.55. The molecule has 0 saturated heterocycles. The summed E-state index contributed by atoms with van der Waals surface area (Å²) in [5.41, 5.74) is 5.98. The molecular weight excluding hydrogens is 204 g/mol. The van der Waals surface area contributed by atoms with E-state index in [4.69, 9.17) is 5.73 Å². The second-order valence-corrected chi connectivity index (χ2v) is 3.81. The van der Waals surface area contributed by atoms with Crippen molar-refractivity contribution in [2.75, 3.05) is 0 Å². The number of nitrogens with two attached hydrogens (primary N) is 1. The van der Waals surface area contributed by atoms with Crippen molar-refractivity contribution < 1.29 is 9.90 Å². The van der Waals surface area contributed by atoms with Crippen molar-refractivity contribution in [2.24, 2.45) is 5.73 Å². The number of amides is 1. The van der Waals surface area contributed by atoms with Gasteiger partial charge in [0, 0.05) is 11.6 Å². The zero-order valence-electron chi connectivity index (χ0n) is 9.60. The highest BCUT2D eigenvalue weighted by Gasteiger charge is 2.17. The molecule has 0 spiro atoms. The molecule has 1 rings (SSSR count). The van der Waals surface area contributed by atoms with Crippen LogP contribution in [-0.4, -0.2) is 17.1 Å². The number of carbonyl (C=O) groups is 1. The molecule has 2 atom stereocenters. The molecule has 16 heavy (non-hydrogen) atoms. The molecule has 4 nitrogen and oxygen atoms in total. The summed E-state index contributed by atoms with van der Waals surface area (Å²) in [5.74, 6) is -0.160. The van der Waals surface area contributed by atoms with E-state index in [1.807, 2.05) is 19.1 Å². The Morgan fingerprint density at radius 3 is 2.62 bits per heavy atom. The number of primary amides is 1. The van der Waals surface area contributed by atoms with Gasteiger partial charge in [0.1, 0.15) is 5.75 Å². The van der Waals surface area contributed by atoms with Crippen LogP contribution in [0.25, 0.3) is 0 Å². The van der Waals surface area contributed by atoms with E-state index in [1.54, 1.807) is 19.1 Å². The van der Waals surface area contributed by atoms with Crippen molar-refractivity contribution in [1.29, 1.82) is 0 Å². The topological polar surface area (TPSA) is 75.3 Å². The Labute approximate surface area is 95.5 Å². The van der Waals surface area contributed by atoms with Gasteiger partial charge in [0.15, 0.2) is 0 Å². The van der Waals surface area contributed by atoms with Crippen molar-refractivity contribution in [3.05, 3.63) is 29.8 Å². The van der Waals surface area contributed by atoms with Gasteiger partial charge >= 0.3 is 0 Å². The van der Waals surface area contributed by atoms with Crippen molar-refractivity contribution in [2.45, 2.75) is 32.4 Å². The molecular formula is C12H18N2O2. The highest BCUT2D eigenvalue weighted by molar-refractivity contribution is 5.79. The van der Waals surface area contributed by atoms with Gasteiger partial charge in [-0.25, -0.2) is 0 Å². The molecule has 0 aliphatic rings. The van der Waals surface area contributed by atoms with Gasteiger partial charge in [0.05, 0.1) is 6.04 Å². The summed E-state index contributed by atoms with van der Waals surface area (Å²) in [6.45, 7) is 3.70. The Bertz CT molecular complexity index is 366. The van der Waals surface area contributed by atoms with Crippen LogP contribution in [0.3, 0.4) is 0 Å². The molecule has 4 heteroatoms. The molecule has 0 radical (unpaired) electrons. The van der Waals surface area contributed by atoms with Crippen molar-refractivity contribution in [3.8, 4) is 5.75 Å². The minimum Gasteiger partial charge on any atom is -0.508 e. The van der Waals surface area contributed by atoms with E-state index in [0.29, 0.717) is 0 Å². The summed E-state index contributed by atoms with van der Waals surface area (Å²) >= 11 is 0. The van der Waals surface area contributed by atoms with Crippen LogP contribution in [0.15, 0.2) is 24.3 Å². The fourth-order valence-electron chi connectivity index (χ4n) is 1.59. The van der Waals surface area contributed by atoms with Crippen LogP contribution in [0, 0.1) is 0 Å². The summed E-state index contributed by atoms with van der Waals surface area (Å²) in [6.07, 6.45) is 0.773. The Kier molecular flexibility index (Phi) is 4.31. The fourth-order valence-corrected chi connectivity index (χ4v) is 1.59. The molecule has 0 aliphatic carbocycles. The van der Waals surface area contributed by atoms with Gasteiger partial charge in [0.2, 0.25) is 5.91 Å². The normalized spacial score (nSPS) is 14.4. The van der Waals surface area contributed by atoms with Gasteiger partial charge < -0.3 is 10.8 Å². The predicted molar refractivity (Wildman–Crippen MR) is 62.9 cm³/mol. The third-order valence-electron chi connectivity index (χ3n) is 2.60. The third-order valence-corrected chi connectivity index (χ3v) is 2.60. The Morgan fingerprint density at radius 2 is 2.12 bits per heavy atom. The standard InChI is InChI=1S/C12H18N2O2/c1-3-10(14-8(2)12(13)16)9-6-4-5-7-11(9)15/h4-8,10,14-15H,3H2,1-2H3,(H2,13,16). The lowest BCUT2D eigenvalue weighted by Gasteiger charge is -2.21. The molecule has 0 saturated carbocycles. The first-order valence-electron chi connectivity index (χ1n) is 5.39. The molecule has 1 amide bonds. The van der Waals surface area contributed by atoms with E-state index in [2.05, 4.69) is 5.32 Å². The van der Waals surface area contributed by atoms with E-state index in [-0.39, 0.29) is 11.8 Å². The van der Waals surface area contributed by atoms with Crippen LogP contribution >= 0.6 is 0 Å². The first-order valence-corrected chi connectivity index (χ1v) is 5.39. The van der Waals surface area contributed by atoms with Gasteiger partial charge in [-0.15, -0.1) is 0 Å². The average molecular weight is 222 g/mol. The summed E-state index contributed by atoms with van der Waals surface area (Å²) < 4.78 is 0. The van der Waals surface area contributed by atoms with E-state index < -0.39 is 11.9 Å². The molecule has 1 aromatic carbocycles. The largest absolute Gasteiger partial charge is 0.508 e. The molecule has 0 fully saturated rings. The number of hydrogen-bond acceptors (Lipinski definition) is 3. The number of phenolic OH excluding ortho intramolecular Hbond substituents is 1. The second kappa shape index (κ2) is 5.51. The first kappa shape index (κ1) is 12.5. The predicted octanol–water partition coefficient (Wildman–Crippen LogP) is 1.31. The van der Waals surface area contributed by atoms with Gasteiger partial charge in [-0.2, -0.15) is 0 Å². The number of nitrogens with one attached hydrogen (secondary N) is 1. The molecule has 1 aromatic rings. The lowest BCUT2D eigenvalue weighted by molar-refractivity contribution is -0.119. The highest BCUT2D eigenvalue weighted by Crippen LogP contribution is 2.25. The minimum atomic E-state index is -0.412. The van der Waals surface area contributed by atoms with E-state index in [9.17, 15) is 9.90 Å². The zero-order valence-corrected chi connectivity index (χ0v) is 9.60. The quantitative estimate of drug-likeness (QED) is 0.703. The second-order valence-electron chi connectivity index (χ2n) is 3.81. The van der Waals surface area contributed by atoms with Crippen molar-refractivity contribution >= 4 is 5.91 Å². The third kappa shape index (κ3) is 2.97. The van der Waals surface area contributed by atoms with E-state index >= 15 is 0 Å². The van der Waals surface area contributed by atoms with Gasteiger partial charge in [-0.1, -0.05) is 25.1 Å². The number of para-hydroxylation sites is 1. The van der Waals surface area contributed by atoms with Crippen LogP contribution < -0.4 is 11.1 Å². The van der Waals surface area contributed by atoms with Crippen LogP contribution in [-0.2, 0) is 4.79 Å². The summed E-state index contributed by atoms with van der Waals surface area (Å²) in [7, 11) is 0. The highest BCUT2D eigenvalue weighted by atomic mass is 16.3. The van der Waals surface area contributed by atoms with Crippen LogP contribution in [0.4, 0.5) is 0 Å². The smallest absolute Gasteiger partial charge is 0.234 e. The molecule has 4 N–H and O–H groups in total. The lowest BCUT2D eigenvalue weighted by Crippen LogP contribution is -2.40. The number of benzene rings is 1. The molecule has 88 valence electrons. The average Bonchev–Trinajstić information content (AvgIpc) is 2.26. The summed E-state index contributed by atoms with van der Waals surface area (Å²) in [4.78, 5) is 11.0. The molecule has 0 bridgehead atoms. The maximum absolute atomic E-state index is 11.0. The number of aromatic hydroxyl groups is 1. The van der Waals surface area contributed by atoms with Gasteiger partial charge in [0.25, 0.3) is 0 Å². The number of hydrogen-bond donors (Lipinski definition) is 3. The van der Waals surface area contributed by atoms with Gasteiger partial charge in [-0.05, 0) is 19.4 Å². The maximum Gasteiger partial charge on any atom is 0.234 e. The maximum atomic E-state index is 11.0. The fraction of sp³-hybridized carbons (Fsp3) is 0.417. The Morgan fingerprint density at radius 1 is 1.50 bits per heavy atom. The number of rotatable bonds is 5. The van der Waals surface area contributed by atoms with E-state index in [0.717, 1.165) is 12.0 Å². The van der Waals surface area contributed by atoms with Crippen LogP contribution in [0.1, 0.15) is 31.9 Å². The SMILES string of the molecule is CCC(NC(C)C(N)=O)c1ccccc1O. The molecule has 0 heterocycles. The number of carbonyl (C=O) groups excluding carboxylic acids is 1. The van der Waals surface area contributed by atoms with Crippen LogP contribution in [0.2, 0.25) is 0 Å². The van der Waals surface area contributed by atoms with Crippen molar-refractivity contribution in [1.82, 2.24) is 5.32 Å². The molecule has 0 aromatic heterocycles. The lowest BCUT2D eigenvalue weighted by atomic mass is 10.0. The zero-order chi connectivity index (χ0) is 12.1. The summed E-state index contributed by atoms with van der Waals surface area (Å²) in [6, 6.07) is 6.61.